The molecule has 0 amide bonds. The van der Waals surface area contributed by atoms with Crippen LogP contribution in [0.1, 0.15) is 27.2 Å². The number of nitrogens with two attached hydrogens (primary N) is 1. The van der Waals surface area contributed by atoms with Crippen molar-refractivity contribution in [2.45, 2.75) is 13.5 Å². The number of hydrogen-bond acceptors (Lipinski definition) is 5. The van der Waals surface area contributed by atoms with Crippen LogP contribution in [0, 0.1) is 18.3 Å². The molecule has 0 radical (unpaired) electrons. The first kappa shape index (κ1) is 14.8. The van der Waals surface area contributed by atoms with Crippen LogP contribution in [-0.4, -0.2) is 11.0 Å². The molecule has 0 bridgehead atoms. The van der Waals surface area contributed by atoms with Gasteiger partial charge in [-0.25, -0.2) is 4.79 Å². The Morgan fingerprint density at radius 3 is 2.90 bits per heavy atom. The van der Waals surface area contributed by atoms with E-state index >= 15 is 0 Å². The lowest BCUT2D eigenvalue weighted by Crippen LogP contribution is -2.09. The summed E-state index contributed by atoms with van der Waals surface area (Å²) in [4.78, 5) is 16.0. The van der Waals surface area contributed by atoms with Crippen LogP contribution in [0.3, 0.4) is 0 Å². The summed E-state index contributed by atoms with van der Waals surface area (Å²) in [5.41, 5.74) is 7.93. The van der Waals surface area contributed by atoms with Gasteiger partial charge in [-0.3, -0.25) is 4.98 Å². The fraction of sp³-hybridized carbons (Fsp3) is 0.133. The summed E-state index contributed by atoms with van der Waals surface area (Å²) < 4.78 is 5.20. The number of hydrogen-bond donors (Lipinski definition) is 1. The molecule has 0 saturated heterocycles. The van der Waals surface area contributed by atoms with E-state index in [0.717, 1.165) is 0 Å². The number of nitriles is 1. The number of benzene rings is 1. The van der Waals surface area contributed by atoms with Gasteiger partial charge in [0.15, 0.2) is 0 Å². The summed E-state index contributed by atoms with van der Waals surface area (Å²) in [6.45, 7) is 1.71. The first-order chi connectivity index (χ1) is 10.0. The highest BCUT2D eigenvalue weighted by Crippen LogP contribution is 2.19. The molecule has 0 saturated carbocycles. The smallest absolute Gasteiger partial charge is 0.340 e. The summed E-state index contributed by atoms with van der Waals surface area (Å²) in [6, 6.07) is 8.29. The van der Waals surface area contributed by atoms with Gasteiger partial charge in [-0.05, 0) is 25.1 Å². The molecular formula is C15H12ClN3O2. The molecule has 6 heteroatoms. The molecule has 2 N–H and O–H groups in total. The van der Waals surface area contributed by atoms with E-state index < -0.39 is 5.97 Å². The number of aryl methyl sites for hydroxylation is 1. The highest BCUT2D eigenvalue weighted by Gasteiger charge is 2.13. The highest BCUT2D eigenvalue weighted by atomic mass is 35.5. The summed E-state index contributed by atoms with van der Waals surface area (Å²) in [7, 11) is 0. The number of ether oxygens (including phenoxy) is 1. The van der Waals surface area contributed by atoms with Crippen molar-refractivity contribution < 1.29 is 9.53 Å². The minimum atomic E-state index is -0.521. The Kier molecular flexibility index (Phi) is 4.41. The number of halogens is 1. The standard InChI is InChI=1S/C15H12ClN3O2/c1-9-13(5-12(18)7-19-9)15(20)21-8-11-3-2-10(6-17)4-14(11)16/h2-5,7H,8,18H2,1H3. The van der Waals surface area contributed by atoms with Gasteiger partial charge in [0.1, 0.15) is 6.61 Å². The van der Waals surface area contributed by atoms with Gasteiger partial charge in [0.2, 0.25) is 0 Å². The van der Waals surface area contributed by atoms with Crippen molar-refractivity contribution in [2.75, 3.05) is 5.73 Å². The van der Waals surface area contributed by atoms with Crippen LogP contribution < -0.4 is 5.73 Å². The third-order valence-corrected chi connectivity index (χ3v) is 3.22. The van der Waals surface area contributed by atoms with Crippen molar-refractivity contribution in [2.24, 2.45) is 0 Å². The second-order valence-corrected chi connectivity index (χ2v) is 4.80. The second-order valence-electron chi connectivity index (χ2n) is 4.40. The van der Waals surface area contributed by atoms with Crippen LogP contribution in [0.25, 0.3) is 0 Å². The quantitative estimate of drug-likeness (QED) is 0.880. The average Bonchev–Trinajstić information content (AvgIpc) is 2.48. The second kappa shape index (κ2) is 6.25. The van der Waals surface area contributed by atoms with Gasteiger partial charge in [-0.15, -0.1) is 0 Å². The maximum absolute atomic E-state index is 12.0. The number of rotatable bonds is 3. The highest BCUT2D eigenvalue weighted by molar-refractivity contribution is 6.31. The van der Waals surface area contributed by atoms with Crippen molar-refractivity contribution in [3.8, 4) is 6.07 Å². The normalized spacial score (nSPS) is 9.95. The molecule has 0 aliphatic heterocycles. The van der Waals surface area contributed by atoms with E-state index in [1.807, 2.05) is 6.07 Å². The fourth-order valence-corrected chi connectivity index (χ4v) is 1.95. The molecule has 106 valence electrons. The van der Waals surface area contributed by atoms with Crippen LogP contribution in [-0.2, 0) is 11.3 Å². The lowest BCUT2D eigenvalue weighted by molar-refractivity contribution is 0.0471. The zero-order chi connectivity index (χ0) is 15.4. The van der Waals surface area contributed by atoms with Crippen LogP contribution >= 0.6 is 11.6 Å². The van der Waals surface area contributed by atoms with E-state index in [1.165, 1.54) is 18.3 Å². The summed E-state index contributed by atoms with van der Waals surface area (Å²) in [6.07, 6.45) is 1.48. The SMILES string of the molecule is Cc1ncc(N)cc1C(=O)OCc1ccc(C#N)cc1Cl. The van der Waals surface area contributed by atoms with Crippen LogP contribution in [0.4, 0.5) is 5.69 Å². The average molecular weight is 302 g/mol. The number of nitrogens with zero attached hydrogens (tertiary/aromatic N) is 2. The van der Waals surface area contributed by atoms with Crippen molar-refractivity contribution >= 4 is 23.3 Å². The molecule has 5 nitrogen and oxygen atoms in total. The number of carbonyl (C=O) groups is 1. The van der Waals surface area contributed by atoms with Gasteiger partial charge in [-0.1, -0.05) is 17.7 Å². The molecule has 0 aliphatic rings. The number of nitrogen functional groups attached to an aromatic ring is 1. The van der Waals surface area contributed by atoms with Gasteiger partial charge >= 0.3 is 5.97 Å². The molecular weight excluding hydrogens is 290 g/mol. The van der Waals surface area contributed by atoms with Crippen molar-refractivity contribution in [3.63, 3.8) is 0 Å². The molecule has 0 spiro atoms. The number of aromatic nitrogens is 1. The molecule has 21 heavy (non-hydrogen) atoms. The summed E-state index contributed by atoms with van der Waals surface area (Å²) in [5, 5.41) is 9.14. The molecule has 0 unspecified atom stereocenters. The number of esters is 1. The third-order valence-electron chi connectivity index (χ3n) is 2.87. The van der Waals surface area contributed by atoms with E-state index in [1.54, 1.807) is 19.1 Å². The Bertz CT molecular complexity index is 738. The molecule has 1 heterocycles. The van der Waals surface area contributed by atoms with E-state index in [4.69, 9.17) is 27.3 Å². The van der Waals surface area contributed by atoms with E-state index in [9.17, 15) is 4.79 Å². The first-order valence-corrected chi connectivity index (χ1v) is 6.47. The van der Waals surface area contributed by atoms with Crippen LogP contribution in [0.2, 0.25) is 5.02 Å². The Labute approximate surface area is 126 Å². The Morgan fingerprint density at radius 2 is 2.24 bits per heavy atom. The maximum Gasteiger partial charge on any atom is 0.340 e. The van der Waals surface area contributed by atoms with E-state index in [2.05, 4.69) is 4.98 Å². The number of pyridine rings is 1. The van der Waals surface area contributed by atoms with Gasteiger partial charge in [-0.2, -0.15) is 5.26 Å². The van der Waals surface area contributed by atoms with Gasteiger partial charge in [0, 0.05) is 10.6 Å². The lowest BCUT2D eigenvalue weighted by atomic mass is 10.1. The predicted octanol–water partition coefficient (Wildman–Crippen LogP) is 2.85. The van der Waals surface area contributed by atoms with Crippen LogP contribution in [0.5, 0.6) is 0 Å². The molecule has 0 aliphatic carbocycles. The summed E-state index contributed by atoms with van der Waals surface area (Å²) in [5.74, 6) is -0.521. The fourth-order valence-electron chi connectivity index (χ4n) is 1.71. The van der Waals surface area contributed by atoms with Crippen molar-refractivity contribution in [3.05, 3.63) is 57.9 Å². The summed E-state index contributed by atoms with van der Waals surface area (Å²) >= 11 is 6.02. The van der Waals surface area contributed by atoms with E-state index in [0.29, 0.717) is 33.1 Å². The third kappa shape index (κ3) is 3.50. The van der Waals surface area contributed by atoms with Crippen molar-refractivity contribution in [1.82, 2.24) is 4.98 Å². The van der Waals surface area contributed by atoms with E-state index in [-0.39, 0.29) is 6.61 Å². The van der Waals surface area contributed by atoms with Crippen LogP contribution in [0.15, 0.2) is 30.5 Å². The molecule has 1 aromatic heterocycles. The van der Waals surface area contributed by atoms with Gasteiger partial charge < -0.3 is 10.5 Å². The van der Waals surface area contributed by atoms with Gasteiger partial charge in [0.05, 0.1) is 34.8 Å². The largest absolute Gasteiger partial charge is 0.457 e. The molecule has 1 aromatic carbocycles. The Morgan fingerprint density at radius 1 is 1.48 bits per heavy atom. The minimum Gasteiger partial charge on any atom is -0.457 e. The molecule has 0 atom stereocenters. The maximum atomic E-state index is 12.0. The topological polar surface area (TPSA) is 89.0 Å². The van der Waals surface area contributed by atoms with Crippen molar-refractivity contribution in [1.29, 1.82) is 5.26 Å². The predicted molar refractivity (Wildman–Crippen MR) is 78.7 cm³/mol. The zero-order valence-corrected chi connectivity index (χ0v) is 12.0. The van der Waals surface area contributed by atoms with Gasteiger partial charge in [0.25, 0.3) is 0 Å². The lowest BCUT2D eigenvalue weighted by Gasteiger charge is -2.08. The molecule has 2 rings (SSSR count). The minimum absolute atomic E-state index is 0.0115. The number of anilines is 1. The molecule has 0 fully saturated rings. The zero-order valence-electron chi connectivity index (χ0n) is 11.3. The Balaban J connectivity index is 2.11. The Hall–Kier alpha value is -2.58. The monoisotopic (exact) mass is 301 g/mol. The first-order valence-electron chi connectivity index (χ1n) is 6.09. The number of carbonyl (C=O) groups excluding carboxylic acids is 1. The molecule has 2 aromatic rings.